The molecule has 3 heterocycles. The normalized spacial score (nSPS) is 14.9. The Morgan fingerprint density at radius 3 is 3.25 bits per heavy atom. The fourth-order valence-corrected chi connectivity index (χ4v) is 3.91. The summed E-state index contributed by atoms with van der Waals surface area (Å²) in [5.41, 5.74) is 1.08. The molecule has 3 rings (SSSR count). The lowest BCUT2D eigenvalue weighted by Gasteiger charge is -2.09. The van der Waals surface area contributed by atoms with Gasteiger partial charge in [0, 0.05) is 6.54 Å². The topological polar surface area (TPSA) is 58.1 Å². The van der Waals surface area contributed by atoms with E-state index in [1.165, 1.54) is 6.33 Å². The van der Waals surface area contributed by atoms with E-state index in [0.29, 0.717) is 0 Å². The number of thioether (sulfide) groups is 1. The molecule has 0 saturated carbocycles. The highest BCUT2D eigenvalue weighted by molar-refractivity contribution is 8.14. The zero-order valence-electron chi connectivity index (χ0n) is 8.61. The number of thiophene rings is 1. The van der Waals surface area contributed by atoms with Gasteiger partial charge in [0.25, 0.3) is 5.56 Å². The molecular formula is C10H9N3OS2. The van der Waals surface area contributed by atoms with Crippen LogP contribution in [0.15, 0.2) is 16.1 Å². The SMILES string of the molecule is CSC1=NCCc2c1sc1nc[nH]c(=O)c21. The van der Waals surface area contributed by atoms with Gasteiger partial charge in [-0.15, -0.1) is 23.1 Å². The van der Waals surface area contributed by atoms with Gasteiger partial charge < -0.3 is 4.98 Å². The molecule has 4 nitrogen and oxygen atoms in total. The Balaban J connectivity index is 2.40. The van der Waals surface area contributed by atoms with E-state index in [9.17, 15) is 4.79 Å². The van der Waals surface area contributed by atoms with Gasteiger partial charge in [0.1, 0.15) is 9.87 Å². The Morgan fingerprint density at radius 1 is 1.56 bits per heavy atom. The second-order valence-corrected chi connectivity index (χ2v) is 5.26. The molecule has 16 heavy (non-hydrogen) atoms. The molecule has 1 aliphatic heterocycles. The van der Waals surface area contributed by atoms with E-state index in [0.717, 1.165) is 38.7 Å². The highest BCUT2D eigenvalue weighted by Gasteiger charge is 2.21. The van der Waals surface area contributed by atoms with Gasteiger partial charge in [-0.1, -0.05) is 0 Å². The average molecular weight is 251 g/mol. The molecule has 0 aliphatic carbocycles. The summed E-state index contributed by atoms with van der Waals surface area (Å²) in [4.78, 5) is 25.0. The molecule has 1 N–H and O–H groups in total. The first kappa shape index (κ1) is 10.0. The number of nitrogens with one attached hydrogen (secondary N) is 1. The van der Waals surface area contributed by atoms with Crippen LogP contribution in [0.4, 0.5) is 0 Å². The van der Waals surface area contributed by atoms with E-state index in [2.05, 4.69) is 15.0 Å². The largest absolute Gasteiger partial charge is 0.313 e. The second-order valence-electron chi connectivity index (χ2n) is 3.46. The van der Waals surface area contributed by atoms with E-state index in [1.54, 1.807) is 23.1 Å². The first-order valence-electron chi connectivity index (χ1n) is 4.89. The first-order chi connectivity index (χ1) is 7.81. The molecule has 0 saturated heterocycles. The summed E-state index contributed by atoms with van der Waals surface area (Å²) >= 11 is 3.19. The lowest BCUT2D eigenvalue weighted by atomic mass is 10.1. The maximum absolute atomic E-state index is 11.8. The van der Waals surface area contributed by atoms with E-state index in [-0.39, 0.29) is 5.56 Å². The van der Waals surface area contributed by atoms with Crippen LogP contribution in [0.5, 0.6) is 0 Å². The van der Waals surface area contributed by atoms with Crippen molar-refractivity contribution in [2.75, 3.05) is 12.8 Å². The molecule has 0 amide bonds. The van der Waals surface area contributed by atoms with E-state index in [1.807, 2.05) is 6.26 Å². The summed E-state index contributed by atoms with van der Waals surface area (Å²) in [7, 11) is 0. The van der Waals surface area contributed by atoms with Crippen LogP contribution in [0.3, 0.4) is 0 Å². The molecule has 82 valence electrons. The molecular weight excluding hydrogens is 242 g/mol. The molecule has 0 radical (unpaired) electrons. The highest BCUT2D eigenvalue weighted by atomic mass is 32.2. The monoisotopic (exact) mass is 251 g/mol. The second kappa shape index (κ2) is 3.71. The molecule has 6 heteroatoms. The number of nitrogens with zero attached hydrogens (tertiary/aromatic N) is 2. The Bertz CT molecular complexity index is 641. The summed E-state index contributed by atoms with van der Waals surface area (Å²) in [6.07, 6.45) is 4.31. The van der Waals surface area contributed by atoms with Gasteiger partial charge in [-0.25, -0.2) is 4.98 Å². The summed E-state index contributed by atoms with van der Waals surface area (Å²) in [5.74, 6) is 0. The number of aromatic amines is 1. The lowest BCUT2D eigenvalue weighted by molar-refractivity contribution is 0.963. The van der Waals surface area contributed by atoms with Crippen LogP contribution >= 0.6 is 23.1 Å². The van der Waals surface area contributed by atoms with Crippen molar-refractivity contribution in [3.8, 4) is 0 Å². The Morgan fingerprint density at radius 2 is 2.44 bits per heavy atom. The standard InChI is InChI=1S/C10H9N3OS2/c1-15-10-7-5(2-3-11-10)6-8(14)12-4-13-9(6)16-7/h4H,2-3H2,1H3,(H,12,13,14). The molecule has 2 aromatic rings. The smallest absolute Gasteiger partial charge is 0.259 e. The number of rotatable bonds is 0. The van der Waals surface area contributed by atoms with Gasteiger partial charge in [0.05, 0.1) is 16.6 Å². The Hall–Kier alpha value is -1.14. The van der Waals surface area contributed by atoms with Crippen LogP contribution in [-0.2, 0) is 6.42 Å². The molecule has 2 aromatic heterocycles. The van der Waals surface area contributed by atoms with Crippen LogP contribution in [0, 0.1) is 0 Å². The molecule has 1 aliphatic rings. The van der Waals surface area contributed by atoms with Gasteiger partial charge in [0.15, 0.2) is 0 Å². The third-order valence-corrected chi connectivity index (χ3v) is 4.59. The van der Waals surface area contributed by atoms with Crippen LogP contribution in [0.2, 0.25) is 0 Å². The fraction of sp³-hybridized carbons (Fsp3) is 0.300. The summed E-state index contributed by atoms with van der Waals surface area (Å²) in [6, 6.07) is 0. The summed E-state index contributed by atoms with van der Waals surface area (Å²) in [5, 5.41) is 1.78. The number of fused-ring (bicyclic) bond motifs is 3. The highest BCUT2D eigenvalue weighted by Crippen LogP contribution is 2.33. The van der Waals surface area contributed by atoms with Crippen molar-refractivity contribution in [3.63, 3.8) is 0 Å². The van der Waals surface area contributed by atoms with Crippen LogP contribution in [-0.4, -0.2) is 27.8 Å². The molecule has 0 fully saturated rings. The van der Waals surface area contributed by atoms with Gasteiger partial charge in [-0.2, -0.15) is 0 Å². The molecule has 0 spiro atoms. The quantitative estimate of drug-likeness (QED) is 0.774. The maximum atomic E-state index is 11.8. The minimum Gasteiger partial charge on any atom is -0.313 e. The van der Waals surface area contributed by atoms with Crippen molar-refractivity contribution in [1.29, 1.82) is 0 Å². The third kappa shape index (κ3) is 1.33. The number of aliphatic imine (C=N–C) groups is 1. The van der Waals surface area contributed by atoms with Gasteiger partial charge >= 0.3 is 0 Å². The van der Waals surface area contributed by atoms with Gasteiger partial charge in [0.2, 0.25) is 0 Å². The number of H-pyrrole nitrogens is 1. The summed E-state index contributed by atoms with van der Waals surface area (Å²) in [6.45, 7) is 0.767. The summed E-state index contributed by atoms with van der Waals surface area (Å²) < 4.78 is 0. The molecule has 0 aromatic carbocycles. The fourth-order valence-electron chi connectivity index (χ4n) is 1.91. The number of aromatic nitrogens is 2. The predicted octanol–water partition coefficient (Wildman–Crippen LogP) is 1.65. The number of hydrogen-bond donors (Lipinski definition) is 1. The van der Waals surface area contributed by atoms with Crippen LogP contribution in [0.1, 0.15) is 10.4 Å². The Labute approximate surface area is 99.8 Å². The van der Waals surface area contributed by atoms with Crippen LogP contribution < -0.4 is 5.56 Å². The lowest BCUT2D eigenvalue weighted by Crippen LogP contribution is -2.11. The van der Waals surface area contributed by atoms with Crippen LogP contribution in [0.25, 0.3) is 10.2 Å². The molecule has 0 bridgehead atoms. The zero-order valence-corrected chi connectivity index (χ0v) is 10.2. The number of hydrogen-bond acceptors (Lipinski definition) is 5. The van der Waals surface area contributed by atoms with E-state index in [4.69, 9.17) is 0 Å². The van der Waals surface area contributed by atoms with E-state index >= 15 is 0 Å². The van der Waals surface area contributed by atoms with Gasteiger partial charge in [-0.3, -0.25) is 9.79 Å². The minimum absolute atomic E-state index is 0.0372. The zero-order chi connectivity index (χ0) is 11.1. The maximum Gasteiger partial charge on any atom is 0.259 e. The predicted molar refractivity (Wildman–Crippen MR) is 68.9 cm³/mol. The minimum atomic E-state index is -0.0372. The van der Waals surface area contributed by atoms with Crippen molar-refractivity contribution < 1.29 is 0 Å². The van der Waals surface area contributed by atoms with Crippen molar-refractivity contribution in [1.82, 2.24) is 9.97 Å². The first-order valence-corrected chi connectivity index (χ1v) is 6.93. The Kier molecular flexibility index (Phi) is 2.33. The molecule has 0 unspecified atom stereocenters. The molecule has 0 atom stereocenters. The van der Waals surface area contributed by atoms with Crippen molar-refractivity contribution >= 4 is 38.4 Å². The van der Waals surface area contributed by atoms with Crippen molar-refractivity contribution in [2.45, 2.75) is 6.42 Å². The average Bonchev–Trinajstić information content (AvgIpc) is 2.68. The third-order valence-electron chi connectivity index (χ3n) is 2.60. The van der Waals surface area contributed by atoms with Gasteiger partial charge in [-0.05, 0) is 18.2 Å². The van der Waals surface area contributed by atoms with Crippen molar-refractivity contribution in [3.05, 3.63) is 27.1 Å². The van der Waals surface area contributed by atoms with E-state index < -0.39 is 0 Å². The van der Waals surface area contributed by atoms with Crippen molar-refractivity contribution in [2.24, 2.45) is 4.99 Å².